The second-order valence-corrected chi connectivity index (χ2v) is 13.5. The van der Waals surface area contributed by atoms with Gasteiger partial charge in [0.25, 0.3) is 0 Å². The summed E-state index contributed by atoms with van der Waals surface area (Å²) in [7, 11) is 0. The molecule has 0 saturated heterocycles. The van der Waals surface area contributed by atoms with E-state index in [2.05, 4.69) is 144 Å². The lowest BCUT2D eigenvalue weighted by atomic mass is 9.97. The van der Waals surface area contributed by atoms with E-state index in [0.717, 1.165) is 50.0 Å². The van der Waals surface area contributed by atoms with E-state index in [9.17, 15) is 0 Å². The molecule has 0 radical (unpaired) electrons. The minimum absolute atomic E-state index is 0.147. The quantitative estimate of drug-likeness (QED) is 0.202. The van der Waals surface area contributed by atoms with Crippen LogP contribution in [0.4, 0.5) is 0 Å². The molecule has 10 rings (SSSR count). The molecule has 0 aliphatic carbocycles. The molecule has 1 aliphatic rings. The zero-order chi connectivity index (χ0) is 31.6. The van der Waals surface area contributed by atoms with Crippen molar-refractivity contribution in [2.24, 2.45) is 4.99 Å². The normalized spacial score (nSPS) is 16.5. The van der Waals surface area contributed by atoms with Crippen molar-refractivity contribution in [2.45, 2.75) is 12.3 Å². The number of amidine groups is 1. The minimum atomic E-state index is -0.224. The van der Waals surface area contributed by atoms with E-state index in [1.54, 1.807) is 0 Å². The van der Waals surface area contributed by atoms with Gasteiger partial charge in [-0.1, -0.05) is 121 Å². The average Bonchev–Trinajstić information content (AvgIpc) is 3.73. The fourth-order valence-electron chi connectivity index (χ4n) is 7.17. The smallest absolute Gasteiger partial charge is 0.136 e. The molecule has 228 valence electrons. The van der Waals surface area contributed by atoms with E-state index in [1.807, 2.05) is 29.5 Å². The number of fused-ring (bicyclic) bond motifs is 7. The molecule has 2 N–H and O–H groups in total. The average molecular weight is 636 g/mol. The third kappa shape index (κ3) is 4.51. The lowest BCUT2D eigenvalue weighted by molar-refractivity contribution is 0.409. The van der Waals surface area contributed by atoms with E-state index in [-0.39, 0.29) is 12.3 Å². The molecule has 2 aromatic heterocycles. The number of hydrogen-bond donors (Lipinski definition) is 2. The third-order valence-electron chi connectivity index (χ3n) is 9.56. The number of thiophene rings is 1. The van der Waals surface area contributed by atoms with Gasteiger partial charge < -0.3 is 9.73 Å². The summed E-state index contributed by atoms with van der Waals surface area (Å²) in [4.78, 5) is 5.28. The van der Waals surface area contributed by atoms with Crippen LogP contribution in [0.3, 0.4) is 0 Å². The van der Waals surface area contributed by atoms with Gasteiger partial charge in [0.15, 0.2) is 0 Å². The lowest BCUT2D eigenvalue weighted by Crippen LogP contribution is -2.44. The third-order valence-corrected chi connectivity index (χ3v) is 10.7. The van der Waals surface area contributed by atoms with E-state index >= 15 is 0 Å². The number of benzene rings is 7. The Bertz CT molecular complexity index is 2700. The van der Waals surface area contributed by atoms with Gasteiger partial charge in [0.2, 0.25) is 0 Å². The highest BCUT2D eigenvalue weighted by molar-refractivity contribution is 7.25. The van der Waals surface area contributed by atoms with E-state index in [0.29, 0.717) is 0 Å². The number of rotatable bonds is 4. The summed E-state index contributed by atoms with van der Waals surface area (Å²) in [6.45, 7) is 0. The Kier molecular flexibility index (Phi) is 6.22. The Morgan fingerprint density at radius 1 is 0.542 bits per heavy atom. The summed E-state index contributed by atoms with van der Waals surface area (Å²) in [5.74, 6) is 0.879. The van der Waals surface area contributed by atoms with Gasteiger partial charge in [0, 0.05) is 36.5 Å². The standard InChI is InChI=1S/C43H29N3OS/c1-2-9-29-24-30(21-16-26(29)8-1)42-44-41(45-43(46-42)31-22-23-34-33-10-4-6-15-38(33)48-39(34)25-31)28-19-17-27(18-20-28)32-12-7-14-37-40(32)35-11-3-5-13-36(35)47-37/h1-25,41,43,45H,(H,44,46). The van der Waals surface area contributed by atoms with Gasteiger partial charge in [-0.2, -0.15) is 0 Å². The molecule has 0 saturated carbocycles. The van der Waals surface area contributed by atoms with Crippen molar-refractivity contribution in [3.05, 3.63) is 168 Å². The second-order valence-electron chi connectivity index (χ2n) is 12.4. The van der Waals surface area contributed by atoms with Gasteiger partial charge in [-0.3, -0.25) is 5.32 Å². The van der Waals surface area contributed by atoms with Crippen molar-refractivity contribution >= 4 is 70.1 Å². The number of hydrogen-bond acceptors (Lipinski definition) is 5. The molecule has 0 amide bonds. The summed E-state index contributed by atoms with van der Waals surface area (Å²) in [5.41, 5.74) is 7.50. The summed E-state index contributed by atoms with van der Waals surface area (Å²) in [6, 6.07) is 53.9. The molecule has 48 heavy (non-hydrogen) atoms. The molecule has 0 bridgehead atoms. The fourth-order valence-corrected chi connectivity index (χ4v) is 8.32. The van der Waals surface area contributed by atoms with Gasteiger partial charge in [0.1, 0.15) is 29.3 Å². The van der Waals surface area contributed by atoms with Crippen LogP contribution in [0, 0.1) is 0 Å². The largest absolute Gasteiger partial charge is 0.456 e. The van der Waals surface area contributed by atoms with Crippen LogP contribution in [0.15, 0.2) is 161 Å². The van der Waals surface area contributed by atoms with Crippen molar-refractivity contribution < 1.29 is 4.42 Å². The fraction of sp³-hybridized carbons (Fsp3) is 0.0465. The maximum absolute atomic E-state index is 6.18. The molecule has 1 aliphatic heterocycles. The van der Waals surface area contributed by atoms with Crippen molar-refractivity contribution in [2.75, 3.05) is 0 Å². The molecule has 0 spiro atoms. The Morgan fingerprint density at radius 2 is 1.27 bits per heavy atom. The monoisotopic (exact) mass is 635 g/mol. The van der Waals surface area contributed by atoms with Crippen molar-refractivity contribution in [1.29, 1.82) is 0 Å². The molecule has 4 nitrogen and oxygen atoms in total. The van der Waals surface area contributed by atoms with Crippen LogP contribution in [0.2, 0.25) is 0 Å². The molecular weight excluding hydrogens is 607 g/mol. The van der Waals surface area contributed by atoms with E-state index < -0.39 is 0 Å². The Labute approximate surface area is 281 Å². The number of furan rings is 1. The van der Waals surface area contributed by atoms with Crippen LogP contribution >= 0.6 is 11.3 Å². The van der Waals surface area contributed by atoms with Crippen LogP contribution in [-0.2, 0) is 0 Å². The van der Waals surface area contributed by atoms with Gasteiger partial charge in [-0.15, -0.1) is 11.3 Å². The summed E-state index contributed by atoms with van der Waals surface area (Å²) >= 11 is 1.84. The molecule has 0 fully saturated rings. The second kappa shape index (κ2) is 10.9. The van der Waals surface area contributed by atoms with Crippen LogP contribution < -0.4 is 10.6 Å². The highest BCUT2D eigenvalue weighted by Gasteiger charge is 2.26. The first kappa shape index (κ1) is 27.4. The molecular formula is C43H29N3OS. The number of nitrogens with zero attached hydrogens (tertiary/aromatic N) is 1. The maximum Gasteiger partial charge on any atom is 0.136 e. The van der Waals surface area contributed by atoms with Crippen molar-refractivity contribution in [1.82, 2.24) is 10.6 Å². The van der Waals surface area contributed by atoms with Crippen LogP contribution in [0.1, 0.15) is 29.0 Å². The SMILES string of the molecule is c1ccc2cc(C3=NC(c4ccc5c(c4)sc4ccccc45)NC(c4ccc(-c5cccc6oc7ccccc7c56)cc4)N3)ccc2c1. The summed E-state index contributed by atoms with van der Waals surface area (Å²) in [5, 5.41) is 14.9. The topological polar surface area (TPSA) is 49.6 Å². The number of aliphatic imine (C=N–C) groups is 1. The first-order valence-electron chi connectivity index (χ1n) is 16.3. The van der Waals surface area contributed by atoms with E-state index in [4.69, 9.17) is 9.41 Å². The Balaban J connectivity index is 1.05. The van der Waals surface area contributed by atoms with Crippen molar-refractivity contribution in [3.63, 3.8) is 0 Å². The first-order valence-corrected chi connectivity index (χ1v) is 17.1. The van der Waals surface area contributed by atoms with Gasteiger partial charge in [-0.25, -0.2) is 4.99 Å². The van der Waals surface area contributed by atoms with Crippen LogP contribution in [0.5, 0.6) is 0 Å². The molecule has 5 heteroatoms. The predicted octanol–water partition coefficient (Wildman–Crippen LogP) is 11.1. The zero-order valence-corrected chi connectivity index (χ0v) is 26.7. The first-order chi connectivity index (χ1) is 23.7. The predicted molar refractivity (Wildman–Crippen MR) is 201 cm³/mol. The number of para-hydroxylation sites is 1. The van der Waals surface area contributed by atoms with E-state index in [1.165, 1.54) is 36.5 Å². The van der Waals surface area contributed by atoms with Crippen LogP contribution in [0.25, 0.3) is 64.0 Å². The molecule has 9 aromatic rings. The number of nitrogens with one attached hydrogen (secondary N) is 2. The molecule has 7 aromatic carbocycles. The minimum Gasteiger partial charge on any atom is -0.456 e. The lowest BCUT2D eigenvalue weighted by Gasteiger charge is -2.32. The molecule has 2 unspecified atom stereocenters. The zero-order valence-electron chi connectivity index (χ0n) is 25.9. The van der Waals surface area contributed by atoms with Gasteiger partial charge in [-0.05, 0) is 63.4 Å². The maximum atomic E-state index is 6.18. The molecule has 3 heterocycles. The summed E-state index contributed by atoms with van der Waals surface area (Å²) < 4.78 is 8.76. The molecule has 2 atom stereocenters. The van der Waals surface area contributed by atoms with Crippen molar-refractivity contribution in [3.8, 4) is 11.1 Å². The van der Waals surface area contributed by atoms with Gasteiger partial charge >= 0.3 is 0 Å². The highest BCUT2D eigenvalue weighted by atomic mass is 32.1. The Morgan fingerprint density at radius 3 is 2.19 bits per heavy atom. The Hall–Kier alpha value is -5.75. The summed E-state index contributed by atoms with van der Waals surface area (Å²) in [6.07, 6.45) is -0.371. The van der Waals surface area contributed by atoms with Gasteiger partial charge in [0.05, 0.1) is 0 Å². The highest BCUT2D eigenvalue weighted by Crippen LogP contribution is 2.38. The van der Waals surface area contributed by atoms with Crippen LogP contribution in [-0.4, -0.2) is 5.84 Å².